The molecule has 3 aromatic rings. The maximum atomic E-state index is 12.8. The van der Waals surface area contributed by atoms with Crippen LogP contribution in [0.2, 0.25) is 0 Å². The number of nitrogens with one attached hydrogen (secondary N) is 1. The van der Waals surface area contributed by atoms with Crippen molar-refractivity contribution in [2.45, 2.75) is 25.0 Å². The Kier molecular flexibility index (Phi) is 5.56. The summed E-state index contributed by atoms with van der Waals surface area (Å²) in [6, 6.07) is 25.2. The molecule has 0 saturated heterocycles. The van der Waals surface area contributed by atoms with Crippen molar-refractivity contribution in [1.29, 1.82) is 0 Å². The van der Waals surface area contributed by atoms with Gasteiger partial charge in [-0.15, -0.1) is 0 Å². The molecule has 0 spiro atoms. The molecule has 0 unspecified atom stereocenters. The van der Waals surface area contributed by atoms with Crippen molar-refractivity contribution in [2.75, 3.05) is 0 Å². The highest BCUT2D eigenvalue weighted by Crippen LogP contribution is 2.26. The van der Waals surface area contributed by atoms with Gasteiger partial charge in [0.25, 0.3) is 5.91 Å². The second-order valence-corrected chi connectivity index (χ2v) is 6.92. The standard InChI is InChI=1S/C24H21NO4/c26-23(25-19-14-15-19)22(17-8-3-1-4-9-17)29-24(27)18-10-7-13-21(16-18)28-20-11-5-2-6-12-20/h1-13,16,19,22H,14-15H2,(H,25,26)/t22-/m0/s1. The van der Waals surface area contributed by atoms with Gasteiger partial charge in [0.15, 0.2) is 0 Å². The molecule has 1 aliphatic carbocycles. The SMILES string of the molecule is O=C(O[C@H](C(=O)NC1CC1)c1ccccc1)c1cccc(Oc2ccccc2)c1. The van der Waals surface area contributed by atoms with Crippen LogP contribution in [0.25, 0.3) is 0 Å². The Labute approximate surface area is 169 Å². The van der Waals surface area contributed by atoms with E-state index in [1.807, 2.05) is 48.5 Å². The molecule has 0 aliphatic heterocycles. The van der Waals surface area contributed by atoms with Gasteiger partial charge in [0.2, 0.25) is 6.10 Å². The number of hydrogen-bond acceptors (Lipinski definition) is 4. The number of benzene rings is 3. The molecule has 0 radical (unpaired) electrons. The van der Waals surface area contributed by atoms with Crippen molar-refractivity contribution < 1.29 is 19.1 Å². The molecule has 146 valence electrons. The van der Waals surface area contributed by atoms with Gasteiger partial charge >= 0.3 is 5.97 Å². The Morgan fingerprint density at radius 3 is 2.17 bits per heavy atom. The summed E-state index contributed by atoms with van der Waals surface area (Å²) < 4.78 is 11.4. The Balaban J connectivity index is 1.51. The summed E-state index contributed by atoms with van der Waals surface area (Å²) in [4.78, 5) is 25.4. The van der Waals surface area contributed by atoms with Gasteiger partial charge in [-0.3, -0.25) is 4.79 Å². The lowest BCUT2D eigenvalue weighted by Gasteiger charge is -2.18. The maximum Gasteiger partial charge on any atom is 0.339 e. The van der Waals surface area contributed by atoms with Crippen molar-refractivity contribution in [3.05, 3.63) is 96.1 Å². The highest BCUT2D eigenvalue weighted by atomic mass is 16.5. The fourth-order valence-electron chi connectivity index (χ4n) is 2.89. The molecule has 1 amide bonds. The number of carbonyl (C=O) groups excluding carboxylic acids is 2. The number of amides is 1. The molecular weight excluding hydrogens is 366 g/mol. The number of ether oxygens (including phenoxy) is 2. The van der Waals surface area contributed by atoms with E-state index in [9.17, 15) is 9.59 Å². The first-order valence-corrected chi connectivity index (χ1v) is 9.58. The molecule has 1 N–H and O–H groups in total. The first-order chi connectivity index (χ1) is 14.2. The second-order valence-electron chi connectivity index (χ2n) is 6.92. The summed E-state index contributed by atoms with van der Waals surface area (Å²) >= 11 is 0. The predicted octanol–water partition coefficient (Wildman–Crippen LogP) is 4.66. The number of esters is 1. The quantitative estimate of drug-likeness (QED) is 0.599. The Morgan fingerprint density at radius 1 is 0.828 bits per heavy atom. The number of carbonyl (C=O) groups is 2. The molecule has 1 aliphatic rings. The van der Waals surface area contributed by atoms with Crippen LogP contribution in [0.15, 0.2) is 84.9 Å². The van der Waals surface area contributed by atoms with E-state index in [1.165, 1.54) is 0 Å². The smallest absolute Gasteiger partial charge is 0.339 e. The molecule has 5 nitrogen and oxygen atoms in total. The molecule has 1 fully saturated rings. The largest absolute Gasteiger partial charge is 0.457 e. The lowest BCUT2D eigenvalue weighted by molar-refractivity contribution is -0.130. The third kappa shape index (κ3) is 5.02. The minimum Gasteiger partial charge on any atom is -0.457 e. The lowest BCUT2D eigenvalue weighted by Crippen LogP contribution is -2.33. The molecule has 29 heavy (non-hydrogen) atoms. The minimum atomic E-state index is -0.997. The number of rotatable bonds is 7. The van der Waals surface area contributed by atoms with Crippen molar-refractivity contribution >= 4 is 11.9 Å². The molecular formula is C24H21NO4. The van der Waals surface area contributed by atoms with Crippen molar-refractivity contribution in [1.82, 2.24) is 5.32 Å². The maximum absolute atomic E-state index is 12.8. The van der Waals surface area contributed by atoms with Crippen LogP contribution in [-0.4, -0.2) is 17.9 Å². The van der Waals surface area contributed by atoms with Crippen molar-refractivity contribution in [2.24, 2.45) is 0 Å². The minimum absolute atomic E-state index is 0.176. The summed E-state index contributed by atoms with van der Waals surface area (Å²) in [5.41, 5.74) is 0.953. The lowest BCUT2D eigenvalue weighted by atomic mass is 10.1. The molecule has 4 rings (SSSR count). The van der Waals surface area contributed by atoms with Gasteiger partial charge in [0.1, 0.15) is 11.5 Å². The van der Waals surface area contributed by atoms with E-state index in [2.05, 4.69) is 5.32 Å². The predicted molar refractivity (Wildman–Crippen MR) is 109 cm³/mol. The zero-order valence-electron chi connectivity index (χ0n) is 15.8. The van der Waals surface area contributed by atoms with Gasteiger partial charge in [-0.25, -0.2) is 4.79 Å². The highest BCUT2D eigenvalue weighted by molar-refractivity contribution is 5.93. The van der Waals surface area contributed by atoms with Crippen LogP contribution in [0.3, 0.4) is 0 Å². The zero-order chi connectivity index (χ0) is 20.1. The van der Waals surface area contributed by atoms with E-state index in [1.54, 1.807) is 36.4 Å². The topological polar surface area (TPSA) is 64.6 Å². The van der Waals surface area contributed by atoms with Gasteiger partial charge in [-0.1, -0.05) is 54.6 Å². The summed E-state index contributed by atoms with van der Waals surface area (Å²) in [6.07, 6.45) is 0.920. The highest BCUT2D eigenvalue weighted by Gasteiger charge is 2.31. The second kappa shape index (κ2) is 8.61. The first-order valence-electron chi connectivity index (χ1n) is 9.58. The Hall–Kier alpha value is -3.60. The van der Waals surface area contributed by atoms with Crippen LogP contribution >= 0.6 is 0 Å². The molecule has 3 aromatic carbocycles. The number of hydrogen-bond donors (Lipinski definition) is 1. The van der Waals surface area contributed by atoms with E-state index in [4.69, 9.17) is 9.47 Å². The fraction of sp³-hybridized carbons (Fsp3) is 0.167. The van der Waals surface area contributed by atoms with Crippen LogP contribution in [0, 0.1) is 0 Å². The normalized spacial score (nSPS) is 13.9. The summed E-state index contributed by atoms with van der Waals surface area (Å²) in [5, 5.41) is 2.91. The van der Waals surface area contributed by atoms with E-state index in [0.29, 0.717) is 22.6 Å². The van der Waals surface area contributed by atoms with Gasteiger partial charge in [0.05, 0.1) is 5.56 Å². The molecule has 0 heterocycles. The van der Waals surface area contributed by atoms with Gasteiger partial charge in [-0.05, 0) is 43.2 Å². The van der Waals surface area contributed by atoms with E-state index < -0.39 is 12.1 Å². The van der Waals surface area contributed by atoms with Crippen LogP contribution in [0.5, 0.6) is 11.5 Å². The van der Waals surface area contributed by atoms with Crippen LogP contribution in [-0.2, 0) is 9.53 Å². The van der Waals surface area contributed by atoms with Gasteiger partial charge in [-0.2, -0.15) is 0 Å². The zero-order valence-corrected chi connectivity index (χ0v) is 15.8. The van der Waals surface area contributed by atoms with Crippen LogP contribution < -0.4 is 10.1 Å². The first kappa shape index (κ1) is 18.7. The van der Waals surface area contributed by atoms with Crippen LogP contribution in [0.4, 0.5) is 0 Å². The van der Waals surface area contributed by atoms with Crippen LogP contribution in [0.1, 0.15) is 34.9 Å². The summed E-state index contributed by atoms with van der Waals surface area (Å²) in [5.74, 6) is 0.306. The van der Waals surface area contributed by atoms with Gasteiger partial charge < -0.3 is 14.8 Å². The van der Waals surface area contributed by atoms with Crippen molar-refractivity contribution in [3.8, 4) is 11.5 Å². The van der Waals surface area contributed by atoms with E-state index >= 15 is 0 Å². The average Bonchev–Trinajstić information content (AvgIpc) is 3.57. The average molecular weight is 387 g/mol. The van der Waals surface area contributed by atoms with Gasteiger partial charge in [0, 0.05) is 11.6 Å². The molecule has 1 atom stereocenters. The summed E-state index contributed by atoms with van der Waals surface area (Å²) in [7, 11) is 0. The molecule has 1 saturated carbocycles. The Morgan fingerprint density at radius 2 is 1.48 bits per heavy atom. The third-order valence-electron chi connectivity index (χ3n) is 4.54. The Bertz CT molecular complexity index is 984. The molecule has 0 bridgehead atoms. The summed E-state index contributed by atoms with van der Waals surface area (Å²) in [6.45, 7) is 0. The molecule has 5 heteroatoms. The fourth-order valence-corrected chi connectivity index (χ4v) is 2.89. The third-order valence-corrected chi connectivity index (χ3v) is 4.54. The van der Waals surface area contributed by atoms with E-state index in [0.717, 1.165) is 12.8 Å². The molecule has 0 aromatic heterocycles. The van der Waals surface area contributed by atoms with Crippen molar-refractivity contribution in [3.63, 3.8) is 0 Å². The van der Waals surface area contributed by atoms with E-state index in [-0.39, 0.29) is 11.9 Å². The monoisotopic (exact) mass is 387 g/mol. The number of para-hydroxylation sites is 1.